The van der Waals surface area contributed by atoms with Gasteiger partial charge in [0.15, 0.2) is 0 Å². The predicted octanol–water partition coefficient (Wildman–Crippen LogP) is 1.12. The molecular formula is C8H12B2F3N5S. The van der Waals surface area contributed by atoms with Crippen molar-refractivity contribution in [1.82, 2.24) is 15.2 Å². The van der Waals surface area contributed by atoms with Crippen molar-refractivity contribution >= 4 is 41.0 Å². The predicted molar refractivity (Wildman–Crippen MR) is 76.8 cm³/mol. The topological polar surface area (TPSA) is 79.6 Å². The Morgan fingerprint density at radius 1 is 1.26 bits per heavy atom. The summed E-state index contributed by atoms with van der Waals surface area (Å²) in [7, 11) is -6.02. The highest BCUT2D eigenvalue weighted by Crippen LogP contribution is 2.92. The molecule has 0 unspecified atom stereocenters. The fourth-order valence-corrected chi connectivity index (χ4v) is 2.43. The van der Waals surface area contributed by atoms with Crippen molar-refractivity contribution in [3.8, 4) is 0 Å². The molecule has 0 amide bonds. The Balaban J connectivity index is 2.36. The number of aromatic nitrogens is 3. The zero-order valence-corrected chi connectivity index (χ0v) is 11.1. The molecule has 1 aromatic carbocycles. The third kappa shape index (κ3) is 3.37. The lowest BCUT2D eigenvalue weighted by atomic mass is 10.3. The molecule has 11 heteroatoms. The lowest BCUT2D eigenvalue weighted by molar-refractivity contribution is 0.606. The van der Waals surface area contributed by atoms with Crippen LogP contribution in [0.3, 0.4) is 0 Å². The van der Waals surface area contributed by atoms with Gasteiger partial charge in [0, 0.05) is 19.7 Å². The van der Waals surface area contributed by atoms with Crippen LogP contribution in [0.2, 0.25) is 0 Å². The van der Waals surface area contributed by atoms with Gasteiger partial charge in [0.1, 0.15) is 0 Å². The summed E-state index contributed by atoms with van der Waals surface area (Å²) in [5.41, 5.74) is 5.58. The lowest BCUT2D eigenvalue weighted by Gasteiger charge is -2.52. The minimum atomic E-state index is -6.70. The van der Waals surface area contributed by atoms with Gasteiger partial charge in [-0.15, -0.1) is 5.10 Å². The van der Waals surface area contributed by atoms with Gasteiger partial charge in [-0.1, -0.05) is 6.07 Å². The number of nitrogens with one attached hydrogen (secondary N) is 2. The molecule has 5 nitrogen and oxygen atoms in total. The second-order valence-electron chi connectivity index (χ2n) is 4.85. The highest BCUT2D eigenvalue weighted by molar-refractivity contribution is 8.81. The summed E-state index contributed by atoms with van der Waals surface area (Å²) in [6.45, 7) is 0. The summed E-state index contributed by atoms with van der Waals surface area (Å²) < 4.78 is 41.8. The van der Waals surface area contributed by atoms with Gasteiger partial charge in [-0.3, -0.25) is 0 Å². The SMILES string of the molecule is BS(B)(F)(F)(F)c1cccc(Nc2n[nH]c(N)n2)c1. The van der Waals surface area contributed by atoms with Crippen LogP contribution in [0.1, 0.15) is 0 Å². The number of benzene rings is 1. The summed E-state index contributed by atoms with van der Waals surface area (Å²) >= 11 is 0. The highest BCUT2D eigenvalue weighted by atomic mass is 32.4. The largest absolute Gasteiger partial charge is 0.368 e. The Morgan fingerprint density at radius 3 is 2.47 bits per heavy atom. The van der Waals surface area contributed by atoms with Crippen LogP contribution in [-0.2, 0) is 0 Å². The van der Waals surface area contributed by atoms with Crippen LogP contribution < -0.4 is 11.1 Å². The van der Waals surface area contributed by atoms with Gasteiger partial charge >= 0.3 is 0 Å². The van der Waals surface area contributed by atoms with Crippen LogP contribution in [0.5, 0.6) is 0 Å². The van der Waals surface area contributed by atoms with E-state index < -0.39 is 14.0 Å². The molecule has 4 N–H and O–H groups in total. The molecule has 0 saturated heterocycles. The van der Waals surface area contributed by atoms with E-state index in [1.807, 2.05) is 0 Å². The summed E-state index contributed by atoms with van der Waals surface area (Å²) in [4.78, 5) is 3.10. The van der Waals surface area contributed by atoms with Gasteiger partial charge in [0.2, 0.25) is 26.1 Å². The van der Waals surface area contributed by atoms with E-state index >= 15 is 0 Å². The highest BCUT2D eigenvalue weighted by Gasteiger charge is 2.53. The minimum Gasteiger partial charge on any atom is -0.368 e. The number of anilines is 3. The molecular weight excluding hydrogens is 277 g/mol. The number of hydrogen-bond acceptors (Lipinski definition) is 4. The summed E-state index contributed by atoms with van der Waals surface area (Å²) in [6, 6.07) is 4.92. The van der Waals surface area contributed by atoms with Crippen LogP contribution in [-0.4, -0.2) is 29.4 Å². The maximum atomic E-state index is 13.9. The van der Waals surface area contributed by atoms with Gasteiger partial charge in [-0.05, 0) is 18.2 Å². The third-order valence-electron chi connectivity index (χ3n) is 2.33. The van der Waals surface area contributed by atoms with E-state index in [2.05, 4.69) is 20.5 Å². The van der Waals surface area contributed by atoms with Crippen LogP contribution in [0.15, 0.2) is 29.2 Å². The van der Waals surface area contributed by atoms with E-state index in [9.17, 15) is 11.7 Å². The number of nitrogens with zero attached hydrogens (tertiary/aromatic N) is 2. The molecule has 0 atom stereocenters. The number of rotatable bonds is 3. The van der Waals surface area contributed by atoms with Crippen LogP contribution in [0, 0.1) is 0 Å². The molecule has 0 bridgehead atoms. The maximum absolute atomic E-state index is 13.9. The summed E-state index contributed by atoms with van der Waals surface area (Å²) in [5.74, 6) is 0.202. The van der Waals surface area contributed by atoms with Gasteiger partial charge in [0.25, 0.3) is 0 Å². The van der Waals surface area contributed by atoms with E-state index in [1.54, 1.807) is 0 Å². The number of nitrogens with two attached hydrogens (primary N) is 1. The molecule has 2 rings (SSSR count). The van der Waals surface area contributed by atoms with Gasteiger partial charge in [-0.2, -0.15) is 16.6 Å². The Kier molecular flexibility index (Phi) is 2.45. The second kappa shape index (κ2) is 3.41. The van der Waals surface area contributed by atoms with Crippen LogP contribution in [0.4, 0.5) is 29.2 Å². The summed E-state index contributed by atoms with van der Waals surface area (Å²) in [5, 5.41) is 8.74. The lowest BCUT2D eigenvalue weighted by Crippen LogP contribution is -2.19. The first-order valence-corrected chi connectivity index (χ1v) is 8.21. The van der Waals surface area contributed by atoms with Crippen molar-refractivity contribution in [3.05, 3.63) is 24.3 Å². The zero-order valence-electron chi connectivity index (χ0n) is 10.3. The smallest absolute Gasteiger partial charge is 0.248 e. The molecule has 19 heavy (non-hydrogen) atoms. The van der Waals surface area contributed by atoms with E-state index in [-0.39, 0.29) is 17.6 Å². The molecule has 0 aliphatic carbocycles. The normalized spacial score (nSPS) is 15.5. The Morgan fingerprint density at radius 2 is 1.95 bits per heavy atom. The van der Waals surface area contributed by atoms with Gasteiger partial charge < -0.3 is 11.1 Å². The first-order chi connectivity index (χ1) is 8.44. The molecule has 1 aromatic heterocycles. The van der Waals surface area contributed by atoms with Crippen LogP contribution >= 0.6 is 9.15 Å². The number of hydrogen-bond donors (Lipinski definition) is 3. The molecule has 0 saturated carbocycles. The second-order valence-corrected chi connectivity index (χ2v) is 9.61. The zero-order chi connectivity index (χ0) is 14.4. The Bertz CT molecular complexity index is 627. The Labute approximate surface area is 108 Å². The number of halogens is 3. The molecule has 0 aliphatic heterocycles. The van der Waals surface area contributed by atoms with Crippen molar-refractivity contribution in [2.45, 2.75) is 4.90 Å². The fraction of sp³-hybridized carbons (Fsp3) is 0. The van der Waals surface area contributed by atoms with Crippen molar-refractivity contribution in [3.63, 3.8) is 0 Å². The molecule has 0 fully saturated rings. The molecule has 2 aromatic rings. The fourth-order valence-electron chi connectivity index (χ4n) is 1.43. The number of H-pyrrole nitrogens is 1. The maximum Gasteiger partial charge on any atom is 0.248 e. The van der Waals surface area contributed by atoms with Gasteiger partial charge in [-0.25, -0.2) is 5.10 Å². The standard InChI is InChI=1S/C8H12B2F3N5S/c9-19(10,11,12,13)6-3-1-2-5(4-6)15-8-16-7(14)17-18-8/h1-4H,9-10H2,(H4,14,15,16,17,18). The van der Waals surface area contributed by atoms with E-state index in [0.29, 0.717) is 14.2 Å². The summed E-state index contributed by atoms with van der Waals surface area (Å²) in [6.07, 6.45) is 0. The quantitative estimate of drug-likeness (QED) is 0.740. The first-order valence-electron chi connectivity index (χ1n) is 5.24. The van der Waals surface area contributed by atoms with Crippen molar-refractivity contribution in [2.24, 2.45) is 0 Å². The monoisotopic (exact) mass is 289 g/mol. The minimum absolute atomic E-state index is 0.0846. The average molecular weight is 289 g/mol. The van der Waals surface area contributed by atoms with Crippen molar-refractivity contribution in [2.75, 3.05) is 11.1 Å². The van der Waals surface area contributed by atoms with Crippen molar-refractivity contribution < 1.29 is 11.7 Å². The molecule has 0 aliphatic rings. The van der Waals surface area contributed by atoms with Gasteiger partial charge in [0.05, 0.1) is 0 Å². The number of nitrogen functional groups attached to an aromatic ring is 1. The van der Waals surface area contributed by atoms with E-state index in [4.69, 9.17) is 5.73 Å². The van der Waals surface area contributed by atoms with Crippen molar-refractivity contribution in [1.29, 1.82) is 0 Å². The average Bonchev–Trinajstić information content (AvgIpc) is 2.61. The molecule has 0 spiro atoms. The van der Waals surface area contributed by atoms with Crippen LogP contribution in [0.25, 0.3) is 0 Å². The molecule has 102 valence electrons. The number of aromatic amines is 1. The first kappa shape index (κ1) is 13.7. The third-order valence-corrected chi connectivity index (χ3v) is 4.06. The van der Waals surface area contributed by atoms with E-state index in [1.165, 1.54) is 12.1 Å². The molecule has 1 heterocycles. The Hall–Kier alpha value is -1.77. The van der Waals surface area contributed by atoms with E-state index in [0.717, 1.165) is 12.1 Å². The molecule has 0 radical (unpaired) electrons.